The summed E-state index contributed by atoms with van der Waals surface area (Å²) < 4.78 is 95.2. The summed E-state index contributed by atoms with van der Waals surface area (Å²) in [5.74, 6) is -4.35. The summed E-state index contributed by atoms with van der Waals surface area (Å²) in [6, 6.07) is -2.14. The summed E-state index contributed by atoms with van der Waals surface area (Å²) >= 11 is 0. The van der Waals surface area contributed by atoms with E-state index in [1.54, 1.807) is 6.92 Å². The number of ketones is 1. The Morgan fingerprint density at radius 3 is 1.52 bits per heavy atom. The highest BCUT2D eigenvalue weighted by atomic mass is 19.4. The molecule has 0 aromatic carbocycles. The Morgan fingerprint density at radius 1 is 0.659 bits per heavy atom. The fourth-order valence-electron chi connectivity index (χ4n) is 8.66. The molecular formula is C31H48F6N2O5. The molecule has 0 bridgehead atoms. The Kier molecular flexibility index (Phi) is 11.4. The lowest BCUT2D eigenvalue weighted by atomic mass is 9.56. The van der Waals surface area contributed by atoms with Gasteiger partial charge in [0, 0.05) is 17.9 Å². The second kappa shape index (κ2) is 14.1. The fourth-order valence-corrected chi connectivity index (χ4v) is 8.66. The van der Waals surface area contributed by atoms with E-state index in [4.69, 9.17) is 4.74 Å². The number of ether oxygens (including phenoxy) is 1. The van der Waals surface area contributed by atoms with Crippen molar-refractivity contribution in [3.8, 4) is 0 Å². The van der Waals surface area contributed by atoms with Gasteiger partial charge < -0.3 is 25.6 Å². The number of aliphatic hydroxyl groups excluding tert-OH is 2. The maximum absolute atomic E-state index is 14.8. The van der Waals surface area contributed by atoms with Crippen LogP contribution in [0.2, 0.25) is 0 Å². The molecule has 0 aromatic rings. The normalized spacial score (nSPS) is 37.8. The van der Waals surface area contributed by atoms with Crippen LogP contribution >= 0.6 is 0 Å². The number of aliphatic hydroxyl groups is 2. The van der Waals surface area contributed by atoms with Crippen LogP contribution in [0.15, 0.2) is 0 Å². The minimum Gasteiger partial charge on any atom is -0.392 e. The Balaban J connectivity index is 1.40. The van der Waals surface area contributed by atoms with E-state index in [1.807, 2.05) is 0 Å². The van der Waals surface area contributed by atoms with Gasteiger partial charge in [0.15, 0.2) is 5.41 Å². The summed E-state index contributed by atoms with van der Waals surface area (Å²) in [5, 5.41) is 26.1. The number of Topliss-reactive ketones (excluding diaryl/α,β-unsaturated/α-hetero) is 1. The zero-order chi connectivity index (χ0) is 32.4. The van der Waals surface area contributed by atoms with Crippen molar-refractivity contribution < 1.29 is 50.9 Å². The second-order valence-electron chi connectivity index (χ2n) is 13.7. The first-order valence-corrected chi connectivity index (χ1v) is 16.2. The number of nitrogens with one attached hydrogen (secondary N) is 2. The molecule has 6 atom stereocenters. The van der Waals surface area contributed by atoms with Gasteiger partial charge in [0.05, 0.1) is 30.5 Å². The number of hydrogen-bond acceptors (Lipinski definition) is 6. The third-order valence-corrected chi connectivity index (χ3v) is 11.2. The van der Waals surface area contributed by atoms with Crippen molar-refractivity contribution in [3.05, 3.63) is 0 Å². The number of likely N-dealkylation sites (N-methyl/N-ethyl adjacent to an activating group) is 1. The maximum Gasteiger partial charge on any atom is 0.403 e. The molecule has 7 nitrogen and oxygen atoms in total. The van der Waals surface area contributed by atoms with Crippen LogP contribution in [0.3, 0.4) is 0 Å². The molecule has 0 radical (unpaired) electrons. The van der Waals surface area contributed by atoms with Gasteiger partial charge in [-0.15, -0.1) is 0 Å². The van der Waals surface area contributed by atoms with Gasteiger partial charge in [0.1, 0.15) is 5.78 Å². The largest absolute Gasteiger partial charge is 0.403 e. The summed E-state index contributed by atoms with van der Waals surface area (Å²) in [5.41, 5.74) is -4.03. The zero-order valence-electron chi connectivity index (χ0n) is 25.6. The summed E-state index contributed by atoms with van der Waals surface area (Å²) in [6.45, 7) is 1.61. The lowest BCUT2D eigenvalue weighted by molar-refractivity contribution is -0.383. The highest BCUT2D eigenvalue weighted by molar-refractivity contribution is 5.79. The van der Waals surface area contributed by atoms with Crippen LogP contribution in [0.4, 0.5) is 26.3 Å². The highest BCUT2D eigenvalue weighted by Crippen LogP contribution is 2.64. The van der Waals surface area contributed by atoms with Crippen LogP contribution in [0.25, 0.3) is 0 Å². The van der Waals surface area contributed by atoms with Crippen LogP contribution in [0.5, 0.6) is 0 Å². The number of carbonyl (C=O) groups excluding carboxylic acids is 2. The molecule has 0 heterocycles. The van der Waals surface area contributed by atoms with E-state index < -0.39 is 91.4 Å². The minimum atomic E-state index is -5.62. The first-order valence-electron chi connectivity index (χ1n) is 16.2. The smallest absolute Gasteiger partial charge is 0.392 e. The maximum atomic E-state index is 14.8. The zero-order valence-corrected chi connectivity index (χ0v) is 25.6. The van der Waals surface area contributed by atoms with Gasteiger partial charge in [-0.3, -0.25) is 9.59 Å². The van der Waals surface area contributed by atoms with E-state index in [2.05, 4.69) is 10.6 Å². The van der Waals surface area contributed by atoms with E-state index in [1.165, 1.54) is 7.05 Å². The Hall–Kier alpha value is -1.44. The van der Waals surface area contributed by atoms with E-state index in [9.17, 15) is 46.1 Å². The number of alkyl halides is 6. The topological polar surface area (TPSA) is 108 Å². The van der Waals surface area contributed by atoms with Crippen molar-refractivity contribution in [2.45, 2.75) is 146 Å². The van der Waals surface area contributed by atoms with Crippen molar-refractivity contribution in [2.24, 2.45) is 29.1 Å². The number of carbonyl (C=O) groups is 2. The van der Waals surface area contributed by atoms with Crippen molar-refractivity contribution in [3.63, 3.8) is 0 Å². The quantitative estimate of drug-likeness (QED) is 0.271. The van der Waals surface area contributed by atoms with Gasteiger partial charge >= 0.3 is 12.4 Å². The minimum absolute atomic E-state index is 0.0442. The Bertz CT molecular complexity index is 964. The van der Waals surface area contributed by atoms with Crippen molar-refractivity contribution in [1.82, 2.24) is 10.6 Å². The molecule has 4 N–H and O–H groups in total. The van der Waals surface area contributed by atoms with Crippen molar-refractivity contribution in [1.29, 1.82) is 0 Å². The molecule has 4 fully saturated rings. The average Bonchev–Trinajstić information content (AvgIpc) is 2.95. The van der Waals surface area contributed by atoms with E-state index in [-0.39, 0.29) is 36.8 Å². The molecule has 4 saturated carbocycles. The molecule has 0 aliphatic heterocycles. The molecule has 0 spiro atoms. The highest BCUT2D eigenvalue weighted by Gasteiger charge is 2.77. The predicted molar refractivity (Wildman–Crippen MR) is 149 cm³/mol. The summed E-state index contributed by atoms with van der Waals surface area (Å²) in [7, 11) is 1.40. The number of halogens is 6. The van der Waals surface area contributed by atoms with E-state index >= 15 is 0 Å². The lowest BCUT2D eigenvalue weighted by Crippen LogP contribution is -2.64. The Morgan fingerprint density at radius 2 is 1.09 bits per heavy atom. The molecule has 1 amide bonds. The van der Waals surface area contributed by atoms with Gasteiger partial charge in [-0.05, 0) is 116 Å². The molecule has 4 aliphatic carbocycles. The van der Waals surface area contributed by atoms with Gasteiger partial charge in [-0.2, -0.15) is 26.3 Å². The molecule has 0 saturated heterocycles. The van der Waals surface area contributed by atoms with Gasteiger partial charge in [-0.25, -0.2) is 0 Å². The SMILES string of the molecule is CNC1CC(C(C2CCC(O)C(NC(=O)C3CCC(OC4CCC(C(C)=O)CC4)CC3)C2)(C(F)(F)F)C(F)(F)F)CCC1O. The van der Waals surface area contributed by atoms with Crippen LogP contribution in [0, 0.1) is 29.1 Å². The molecule has 0 aromatic heterocycles. The molecule has 4 aliphatic rings. The molecule has 254 valence electrons. The lowest BCUT2D eigenvalue weighted by Gasteiger charge is -2.53. The van der Waals surface area contributed by atoms with E-state index in [0.717, 1.165) is 25.7 Å². The molecule has 6 unspecified atom stereocenters. The van der Waals surface area contributed by atoms with Gasteiger partial charge in [0.25, 0.3) is 0 Å². The average molecular weight is 643 g/mol. The third-order valence-electron chi connectivity index (χ3n) is 11.2. The van der Waals surface area contributed by atoms with Crippen LogP contribution in [-0.4, -0.2) is 77.8 Å². The van der Waals surface area contributed by atoms with Gasteiger partial charge in [0.2, 0.25) is 5.91 Å². The first-order chi connectivity index (χ1) is 20.6. The molecule has 13 heteroatoms. The van der Waals surface area contributed by atoms with Crippen LogP contribution in [0.1, 0.15) is 96.8 Å². The molecular weight excluding hydrogens is 594 g/mol. The van der Waals surface area contributed by atoms with E-state index in [0.29, 0.717) is 25.7 Å². The Labute approximate surface area is 255 Å². The van der Waals surface area contributed by atoms with Crippen molar-refractivity contribution in [2.75, 3.05) is 7.05 Å². The van der Waals surface area contributed by atoms with Crippen LogP contribution in [-0.2, 0) is 14.3 Å². The first kappa shape index (κ1) is 35.4. The van der Waals surface area contributed by atoms with Crippen LogP contribution < -0.4 is 10.6 Å². The second-order valence-corrected chi connectivity index (χ2v) is 13.7. The summed E-state index contributed by atoms with van der Waals surface area (Å²) in [4.78, 5) is 24.8. The third kappa shape index (κ3) is 7.41. The number of amides is 1. The monoisotopic (exact) mass is 642 g/mol. The molecule has 4 rings (SSSR count). The van der Waals surface area contributed by atoms with Gasteiger partial charge in [-0.1, -0.05) is 0 Å². The standard InChI is InChI=1S/C31H48F6N2O5/c1-17(40)18-3-9-22(10-4-18)44-23-11-5-19(6-12-23)28(43)39-25-16-21(8-14-27(25)42)29(30(32,33)34,31(35,36)37)20-7-13-26(41)24(15-20)38-2/h18-27,38,41-42H,3-16H2,1-2H3,(H,39,43). The predicted octanol–water partition coefficient (Wildman–Crippen LogP) is 5.22. The summed E-state index contributed by atoms with van der Waals surface area (Å²) in [6.07, 6.45) is -10.7. The fraction of sp³-hybridized carbons (Fsp3) is 0.935. The number of rotatable bonds is 8. The molecule has 44 heavy (non-hydrogen) atoms. The number of hydrogen-bond donors (Lipinski definition) is 4. The van der Waals surface area contributed by atoms with Crippen molar-refractivity contribution >= 4 is 11.7 Å².